The minimum Gasteiger partial charge on any atom is -0.493 e. The molecular formula is C20H25NO3. The standard InChI is InChI=1S/C20H25NO3/c1-5-14(2)16-7-9-17(10-8-16)21-20(22)13-15-6-11-18(23-3)19(12-15)24-4/h6-12,14H,5,13H2,1-4H3,(H,21,22). The molecule has 0 aromatic heterocycles. The zero-order chi connectivity index (χ0) is 17.5. The molecule has 0 radical (unpaired) electrons. The number of hydrogen-bond donors (Lipinski definition) is 1. The number of hydrogen-bond acceptors (Lipinski definition) is 3. The average Bonchev–Trinajstić information content (AvgIpc) is 2.61. The van der Waals surface area contributed by atoms with Crippen molar-refractivity contribution in [1.82, 2.24) is 0 Å². The number of carbonyl (C=O) groups is 1. The van der Waals surface area contributed by atoms with Crippen molar-refractivity contribution in [3.8, 4) is 11.5 Å². The van der Waals surface area contributed by atoms with Gasteiger partial charge >= 0.3 is 0 Å². The minimum atomic E-state index is -0.0569. The molecule has 2 aromatic carbocycles. The van der Waals surface area contributed by atoms with Gasteiger partial charge in [-0.3, -0.25) is 4.79 Å². The summed E-state index contributed by atoms with van der Waals surface area (Å²) in [6.07, 6.45) is 1.39. The Morgan fingerprint density at radius 2 is 1.71 bits per heavy atom. The fourth-order valence-corrected chi connectivity index (χ4v) is 2.51. The van der Waals surface area contributed by atoms with E-state index in [-0.39, 0.29) is 12.3 Å². The molecule has 1 unspecified atom stereocenters. The summed E-state index contributed by atoms with van der Waals surface area (Å²) in [6, 6.07) is 13.5. The Kier molecular flexibility index (Phi) is 6.24. The molecule has 128 valence electrons. The number of benzene rings is 2. The predicted molar refractivity (Wildman–Crippen MR) is 97.0 cm³/mol. The van der Waals surface area contributed by atoms with Crippen LogP contribution in [0.1, 0.15) is 37.3 Å². The van der Waals surface area contributed by atoms with Crippen molar-refractivity contribution in [2.24, 2.45) is 0 Å². The number of ether oxygens (including phenoxy) is 2. The summed E-state index contributed by atoms with van der Waals surface area (Å²) in [4.78, 5) is 12.2. The first kappa shape index (κ1) is 17.9. The van der Waals surface area contributed by atoms with E-state index >= 15 is 0 Å². The zero-order valence-corrected chi connectivity index (χ0v) is 14.8. The van der Waals surface area contributed by atoms with Crippen molar-refractivity contribution in [1.29, 1.82) is 0 Å². The molecule has 0 saturated heterocycles. The van der Waals surface area contributed by atoms with Gasteiger partial charge in [-0.15, -0.1) is 0 Å². The molecule has 4 nitrogen and oxygen atoms in total. The van der Waals surface area contributed by atoms with Crippen LogP contribution in [0.25, 0.3) is 0 Å². The molecule has 0 bridgehead atoms. The van der Waals surface area contributed by atoms with Crippen LogP contribution in [-0.2, 0) is 11.2 Å². The van der Waals surface area contributed by atoms with E-state index in [9.17, 15) is 4.79 Å². The first-order valence-corrected chi connectivity index (χ1v) is 8.18. The molecular weight excluding hydrogens is 302 g/mol. The normalized spacial score (nSPS) is 11.7. The van der Waals surface area contributed by atoms with E-state index in [1.54, 1.807) is 14.2 Å². The molecule has 1 atom stereocenters. The van der Waals surface area contributed by atoms with Gasteiger partial charge in [0.1, 0.15) is 0 Å². The molecule has 0 aliphatic carbocycles. The summed E-state index contributed by atoms with van der Waals surface area (Å²) in [6.45, 7) is 4.37. The van der Waals surface area contributed by atoms with Crippen molar-refractivity contribution in [2.45, 2.75) is 32.6 Å². The van der Waals surface area contributed by atoms with E-state index in [4.69, 9.17) is 9.47 Å². The second-order valence-corrected chi connectivity index (χ2v) is 5.85. The van der Waals surface area contributed by atoms with Gasteiger partial charge in [-0.1, -0.05) is 32.0 Å². The van der Waals surface area contributed by atoms with E-state index in [2.05, 4.69) is 31.3 Å². The topological polar surface area (TPSA) is 47.6 Å². The maximum absolute atomic E-state index is 12.2. The highest BCUT2D eigenvalue weighted by molar-refractivity contribution is 5.92. The lowest BCUT2D eigenvalue weighted by Crippen LogP contribution is -2.14. The monoisotopic (exact) mass is 327 g/mol. The quantitative estimate of drug-likeness (QED) is 0.820. The third-order valence-corrected chi connectivity index (χ3v) is 4.19. The highest BCUT2D eigenvalue weighted by atomic mass is 16.5. The summed E-state index contributed by atoms with van der Waals surface area (Å²) in [5.74, 6) is 1.75. The third-order valence-electron chi connectivity index (χ3n) is 4.19. The molecule has 2 aromatic rings. The van der Waals surface area contributed by atoms with Gasteiger partial charge in [0, 0.05) is 5.69 Å². The Hall–Kier alpha value is -2.49. The number of methoxy groups -OCH3 is 2. The number of carbonyl (C=O) groups excluding carboxylic acids is 1. The highest BCUT2D eigenvalue weighted by Gasteiger charge is 2.09. The van der Waals surface area contributed by atoms with E-state index in [0.29, 0.717) is 17.4 Å². The van der Waals surface area contributed by atoms with Gasteiger partial charge in [-0.2, -0.15) is 0 Å². The van der Waals surface area contributed by atoms with E-state index in [0.717, 1.165) is 17.7 Å². The number of amides is 1. The molecule has 2 rings (SSSR count). The molecule has 0 aliphatic rings. The van der Waals surface area contributed by atoms with Crippen LogP contribution in [0.3, 0.4) is 0 Å². The van der Waals surface area contributed by atoms with Gasteiger partial charge in [0.05, 0.1) is 20.6 Å². The second kappa shape index (κ2) is 8.39. The molecule has 4 heteroatoms. The second-order valence-electron chi connectivity index (χ2n) is 5.85. The zero-order valence-electron chi connectivity index (χ0n) is 14.8. The molecule has 0 aliphatic heterocycles. The molecule has 0 spiro atoms. The first-order valence-electron chi connectivity index (χ1n) is 8.18. The summed E-state index contributed by atoms with van der Waals surface area (Å²) in [7, 11) is 3.17. The highest BCUT2D eigenvalue weighted by Crippen LogP contribution is 2.28. The van der Waals surface area contributed by atoms with E-state index < -0.39 is 0 Å². The average molecular weight is 327 g/mol. The van der Waals surface area contributed by atoms with Crippen molar-refractivity contribution in [3.63, 3.8) is 0 Å². The van der Waals surface area contributed by atoms with Gasteiger partial charge in [-0.25, -0.2) is 0 Å². The van der Waals surface area contributed by atoms with Crippen molar-refractivity contribution >= 4 is 11.6 Å². The Morgan fingerprint density at radius 1 is 1.04 bits per heavy atom. The van der Waals surface area contributed by atoms with Gasteiger partial charge in [0.25, 0.3) is 0 Å². The van der Waals surface area contributed by atoms with Gasteiger partial charge in [-0.05, 0) is 47.7 Å². The predicted octanol–water partition coefficient (Wildman–Crippen LogP) is 4.40. The summed E-state index contributed by atoms with van der Waals surface area (Å²) >= 11 is 0. The van der Waals surface area contributed by atoms with Gasteiger partial charge < -0.3 is 14.8 Å². The summed E-state index contributed by atoms with van der Waals surface area (Å²) in [5, 5.41) is 2.93. The molecule has 0 saturated carbocycles. The molecule has 1 amide bonds. The first-order chi connectivity index (χ1) is 11.6. The maximum atomic E-state index is 12.2. The fourth-order valence-electron chi connectivity index (χ4n) is 2.51. The Bertz CT molecular complexity index is 680. The van der Waals surface area contributed by atoms with Crippen LogP contribution < -0.4 is 14.8 Å². The molecule has 1 N–H and O–H groups in total. The number of anilines is 1. The smallest absolute Gasteiger partial charge is 0.228 e. The maximum Gasteiger partial charge on any atom is 0.228 e. The number of rotatable bonds is 7. The lowest BCUT2D eigenvalue weighted by atomic mass is 9.98. The van der Waals surface area contributed by atoms with Crippen LogP contribution in [-0.4, -0.2) is 20.1 Å². The molecule has 0 fully saturated rings. The van der Waals surface area contributed by atoms with Crippen LogP contribution in [0, 0.1) is 0 Å². The number of nitrogens with one attached hydrogen (secondary N) is 1. The molecule has 24 heavy (non-hydrogen) atoms. The Morgan fingerprint density at radius 3 is 2.29 bits per heavy atom. The third kappa shape index (κ3) is 4.51. The van der Waals surface area contributed by atoms with Crippen molar-refractivity contribution < 1.29 is 14.3 Å². The van der Waals surface area contributed by atoms with E-state index in [1.807, 2.05) is 30.3 Å². The lowest BCUT2D eigenvalue weighted by Gasteiger charge is -2.11. The van der Waals surface area contributed by atoms with Crippen LogP contribution in [0.5, 0.6) is 11.5 Å². The van der Waals surface area contributed by atoms with Gasteiger partial charge in [0.15, 0.2) is 11.5 Å². The molecule has 0 heterocycles. The Labute approximate surface area is 143 Å². The summed E-state index contributed by atoms with van der Waals surface area (Å²) < 4.78 is 10.5. The van der Waals surface area contributed by atoms with Gasteiger partial charge in [0.2, 0.25) is 5.91 Å². The van der Waals surface area contributed by atoms with Crippen LogP contribution in [0.2, 0.25) is 0 Å². The Balaban J connectivity index is 2.00. The SMILES string of the molecule is CCC(C)c1ccc(NC(=O)Cc2ccc(OC)c(OC)c2)cc1. The van der Waals surface area contributed by atoms with Crippen molar-refractivity contribution in [3.05, 3.63) is 53.6 Å². The lowest BCUT2D eigenvalue weighted by molar-refractivity contribution is -0.115. The van der Waals surface area contributed by atoms with E-state index in [1.165, 1.54) is 5.56 Å². The van der Waals surface area contributed by atoms with Crippen molar-refractivity contribution in [2.75, 3.05) is 19.5 Å². The van der Waals surface area contributed by atoms with Crippen LogP contribution in [0.15, 0.2) is 42.5 Å². The largest absolute Gasteiger partial charge is 0.493 e. The fraction of sp³-hybridized carbons (Fsp3) is 0.350. The minimum absolute atomic E-state index is 0.0569. The summed E-state index contributed by atoms with van der Waals surface area (Å²) in [5.41, 5.74) is 2.98. The van der Waals surface area contributed by atoms with Crippen LogP contribution >= 0.6 is 0 Å². The van der Waals surface area contributed by atoms with Crippen LogP contribution in [0.4, 0.5) is 5.69 Å².